The smallest absolute Gasteiger partial charge is 0.221 e. The molecule has 2 N–H and O–H groups in total. The van der Waals surface area contributed by atoms with Crippen molar-refractivity contribution in [3.63, 3.8) is 0 Å². The summed E-state index contributed by atoms with van der Waals surface area (Å²) in [5.74, 6) is 0.152. The average Bonchev–Trinajstić information content (AvgIpc) is 2.93. The van der Waals surface area contributed by atoms with Gasteiger partial charge in [0.2, 0.25) is 5.91 Å². The first-order valence-electron chi connectivity index (χ1n) is 7.39. The maximum atomic E-state index is 11.8. The van der Waals surface area contributed by atoms with E-state index in [0.717, 1.165) is 13.1 Å². The van der Waals surface area contributed by atoms with E-state index in [1.54, 1.807) is 0 Å². The number of hydrogen-bond donors (Lipinski definition) is 2. The quantitative estimate of drug-likeness (QED) is 0.807. The van der Waals surface area contributed by atoms with E-state index in [2.05, 4.69) is 34.9 Å². The number of amides is 1. The standard InChI is InChI=1S/C16H24N2OS.ClH/c1-17-12-9-15(19)18-13-16(10-5-6-11-16)20-14-7-3-2-4-8-14;/h2-4,7-8,17H,5-6,9-13H2,1H3,(H,18,19);1H. The summed E-state index contributed by atoms with van der Waals surface area (Å²) >= 11 is 1.93. The molecule has 0 saturated heterocycles. The maximum absolute atomic E-state index is 11.8. The third kappa shape index (κ3) is 5.89. The first kappa shape index (κ1) is 18.3. The number of thioether (sulfide) groups is 1. The number of benzene rings is 1. The van der Waals surface area contributed by atoms with Crippen molar-refractivity contribution in [2.45, 2.75) is 41.7 Å². The molecule has 0 heterocycles. The molecule has 1 aromatic rings. The van der Waals surface area contributed by atoms with Gasteiger partial charge in [-0.15, -0.1) is 24.2 Å². The van der Waals surface area contributed by atoms with Crippen LogP contribution in [0.25, 0.3) is 0 Å². The molecule has 0 bridgehead atoms. The van der Waals surface area contributed by atoms with E-state index >= 15 is 0 Å². The van der Waals surface area contributed by atoms with Crippen molar-refractivity contribution in [3.05, 3.63) is 30.3 Å². The van der Waals surface area contributed by atoms with Crippen molar-refractivity contribution in [3.8, 4) is 0 Å². The van der Waals surface area contributed by atoms with Gasteiger partial charge in [-0.3, -0.25) is 4.79 Å². The zero-order chi connectivity index (χ0) is 14.3. The minimum absolute atomic E-state index is 0. The molecule has 0 atom stereocenters. The lowest BCUT2D eigenvalue weighted by molar-refractivity contribution is -0.121. The van der Waals surface area contributed by atoms with Gasteiger partial charge < -0.3 is 10.6 Å². The minimum Gasteiger partial charge on any atom is -0.355 e. The molecule has 21 heavy (non-hydrogen) atoms. The molecule has 1 aliphatic carbocycles. The van der Waals surface area contributed by atoms with E-state index in [0.29, 0.717) is 6.42 Å². The van der Waals surface area contributed by atoms with E-state index in [-0.39, 0.29) is 23.1 Å². The molecule has 0 aromatic heterocycles. The second-order valence-corrected chi connectivity index (χ2v) is 6.98. The molecule has 1 aliphatic rings. The Morgan fingerprint density at radius 2 is 1.90 bits per heavy atom. The Morgan fingerprint density at radius 3 is 2.52 bits per heavy atom. The SMILES string of the molecule is CNCCC(=O)NCC1(Sc2ccccc2)CCCC1.Cl. The van der Waals surface area contributed by atoms with E-state index in [1.807, 2.05) is 24.9 Å². The van der Waals surface area contributed by atoms with Gasteiger partial charge in [0.15, 0.2) is 0 Å². The molecule has 0 aliphatic heterocycles. The molecular formula is C16H25ClN2OS. The number of nitrogens with one attached hydrogen (secondary N) is 2. The molecular weight excluding hydrogens is 304 g/mol. The molecule has 3 nitrogen and oxygen atoms in total. The van der Waals surface area contributed by atoms with Crippen LogP contribution in [0.2, 0.25) is 0 Å². The first-order valence-corrected chi connectivity index (χ1v) is 8.21. The van der Waals surface area contributed by atoms with Crippen LogP contribution in [-0.4, -0.2) is 30.8 Å². The number of carbonyl (C=O) groups excluding carboxylic acids is 1. The molecule has 0 radical (unpaired) electrons. The van der Waals surface area contributed by atoms with Crippen LogP contribution in [0.15, 0.2) is 35.2 Å². The van der Waals surface area contributed by atoms with Crippen LogP contribution in [0.1, 0.15) is 32.1 Å². The summed E-state index contributed by atoms with van der Waals surface area (Å²) in [6, 6.07) is 10.5. The van der Waals surface area contributed by atoms with Gasteiger partial charge in [-0.25, -0.2) is 0 Å². The molecule has 2 rings (SSSR count). The Bertz CT molecular complexity index is 422. The van der Waals surface area contributed by atoms with Crippen LogP contribution in [0, 0.1) is 0 Å². The van der Waals surface area contributed by atoms with Gasteiger partial charge in [0, 0.05) is 29.2 Å². The number of carbonyl (C=O) groups is 1. The Balaban J connectivity index is 0.00000220. The fourth-order valence-corrected chi connectivity index (χ4v) is 4.09. The Labute approximate surface area is 138 Å². The fraction of sp³-hybridized carbons (Fsp3) is 0.562. The first-order chi connectivity index (χ1) is 9.74. The Morgan fingerprint density at radius 1 is 1.24 bits per heavy atom. The lowest BCUT2D eigenvalue weighted by Gasteiger charge is -2.28. The predicted octanol–water partition coefficient (Wildman–Crippen LogP) is 3.24. The highest BCUT2D eigenvalue weighted by Gasteiger charge is 2.35. The number of hydrogen-bond acceptors (Lipinski definition) is 3. The van der Waals surface area contributed by atoms with Crippen LogP contribution in [0.3, 0.4) is 0 Å². The third-order valence-corrected chi connectivity index (χ3v) is 5.30. The highest BCUT2D eigenvalue weighted by molar-refractivity contribution is 8.00. The highest BCUT2D eigenvalue weighted by atomic mass is 35.5. The molecule has 1 saturated carbocycles. The molecule has 1 amide bonds. The van der Waals surface area contributed by atoms with Crippen molar-refractivity contribution in [1.82, 2.24) is 10.6 Å². The van der Waals surface area contributed by atoms with Gasteiger partial charge in [0.05, 0.1) is 0 Å². The van der Waals surface area contributed by atoms with E-state index in [1.165, 1.54) is 30.6 Å². The Kier molecular flexibility index (Phi) is 8.15. The van der Waals surface area contributed by atoms with Crippen molar-refractivity contribution in [2.75, 3.05) is 20.1 Å². The van der Waals surface area contributed by atoms with Gasteiger partial charge in [0.25, 0.3) is 0 Å². The highest BCUT2D eigenvalue weighted by Crippen LogP contribution is 2.44. The summed E-state index contributed by atoms with van der Waals surface area (Å²) < 4.78 is 0.191. The van der Waals surface area contributed by atoms with E-state index < -0.39 is 0 Å². The molecule has 0 spiro atoms. The summed E-state index contributed by atoms with van der Waals surface area (Å²) in [6.07, 6.45) is 5.48. The van der Waals surface area contributed by atoms with Gasteiger partial charge in [-0.05, 0) is 32.0 Å². The zero-order valence-corrected chi connectivity index (χ0v) is 14.2. The second kappa shape index (κ2) is 9.34. The van der Waals surface area contributed by atoms with Crippen LogP contribution in [0.5, 0.6) is 0 Å². The zero-order valence-electron chi connectivity index (χ0n) is 12.6. The predicted molar refractivity (Wildman–Crippen MR) is 92.3 cm³/mol. The van der Waals surface area contributed by atoms with Gasteiger partial charge in [-0.1, -0.05) is 31.0 Å². The summed E-state index contributed by atoms with van der Waals surface area (Å²) in [7, 11) is 1.87. The third-order valence-electron chi connectivity index (χ3n) is 3.80. The van der Waals surface area contributed by atoms with Crippen molar-refractivity contribution >= 4 is 30.1 Å². The van der Waals surface area contributed by atoms with E-state index in [4.69, 9.17) is 0 Å². The minimum atomic E-state index is 0. The fourth-order valence-electron chi connectivity index (χ4n) is 2.66. The second-order valence-electron chi connectivity index (χ2n) is 5.44. The van der Waals surface area contributed by atoms with Gasteiger partial charge >= 0.3 is 0 Å². The summed E-state index contributed by atoms with van der Waals surface area (Å²) in [4.78, 5) is 13.1. The van der Waals surface area contributed by atoms with Crippen LogP contribution in [-0.2, 0) is 4.79 Å². The molecule has 1 fully saturated rings. The summed E-state index contributed by atoms with van der Waals surface area (Å²) in [5, 5.41) is 6.13. The lowest BCUT2D eigenvalue weighted by atomic mass is 10.1. The maximum Gasteiger partial charge on any atom is 0.221 e. The topological polar surface area (TPSA) is 41.1 Å². The van der Waals surface area contributed by atoms with Gasteiger partial charge in [0.1, 0.15) is 0 Å². The number of halogens is 1. The summed E-state index contributed by atoms with van der Waals surface area (Å²) in [5.41, 5.74) is 0. The normalized spacial score (nSPS) is 16.2. The van der Waals surface area contributed by atoms with Crippen LogP contribution < -0.4 is 10.6 Å². The molecule has 5 heteroatoms. The van der Waals surface area contributed by atoms with Crippen LogP contribution >= 0.6 is 24.2 Å². The van der Waals surface area contributed by atoms with Gasteiger partial charge in [-0.2, -0.15) is 0 Å². The molecule has 1 aromatic carbocycles. The monoisotopic (exact) mass is 328 g/mol. The van der Waals surface area contributed by atoms with Crippen molar-refractivity contribution in [2.24, 2.45) is 0 Å². The van der Waals surface area contributed by atoms with Crippen LogP contribution in [0.4, 0.5) is 0 Å². The average molecular weight is 329 g/mol. The Hall–Kier alpha value is -0.710. The summed E-state index contributed by atoms with van der Waals surface area (Å²) in [6.45, 7) is 1.53. The van der Waals surface area contributed by atoms with Crippen molar-refractivity contribution in [1.29, 1.82) is 0 Å². The van der Waals surface area contributed by atoms with E-state index in [9.17, 15) is 4.79 Å². The molecule has 0 unspecified atom stereocenters. The molecule has 118 valence electrons. The number of rotatable bonds is 7. The largest absolute Gasteiger partial charge is 0.355 e. The van der Waals surface area contributed by atoms with Crippen molar-refractivity contribution < 1.29 is 4.79 Å². The lowest BCUT2D eigenvalue weighted by Crippen LogP contribution is -2.39.